The van der Waals surface area contributed by atoms with Crippen molar-refractivity contribution in [2.45, 2.75) is 31.0 Å². The molecule has 0 aromatic heterocycles. The summed E-state index contributed by atoms with van der Waals surface area (Å²) in [4.78, 5) is 22.3. The Kier molecular flexibility index (Phi) is 4.66. The number of nitrogens with one attached hydrogen (secondary N) is 2. The summed E-state index contributed by atoms with van der Waals surface area (Å²) in [5.41, 5.74) is 0. The minimum absolute atomic E-state index is 0.0314. The van der Waals surface area contributed by atoms with Crippen molar-refractivity contribution in [2.75, 3.05) is 13.2 Å². The van der Waals surface area contributed by atoms with E-state index >= 15 is 0 Å². The van der Waals surface area contributed by atoms with Crippen molar-refractivity contribution < 1.29 is 24.9 Å². The van der Waals surface area contributed by atoms with E-state index in [1.54, 1.807) is 0 Å². The molecule has 92 valence electrons. The molecule has 1 aliphatic rings. The van der Waals surface area contributed by atoms with Crippen molar-refractivity contribution in [2.24, 2.45) is 0 Å². The SMILES string of the molecule is O=C(O)C(CCO)NC(=O)C1CC(O)CN1. The lowest BCUT2D eigenvalue weighted by atomic mass is 10.1. The van der Waals surface area contributed by atoms with Gasteiger partial charge in [0.15, 0.2) is 0 Å². The molecule has 16 heavy (non-hydrogen) atoms. The van der Waals surface area contributed by atoms with E-state index in [1.807, 2.05) is 0 Å². The largest absolute Gasteiger partial charge is 0.480 e. The van der Waals surface area contributed by atoms with E-state index in [2.05, 4.69) is 10.6 Å². The van der Waals surface area contributed by atoms with Gasteiger partial charge in [-0.25, -0.2) is 4.79 Å². The number of carboxylic acid groups (broad SMARTS) is 1. The zero-order valence-corrected chi connectivity index (χ0v) is 8.72. The van der Waals surface area contributed by atoms with E-state index < -0.39 is 30.1 Å². The van der Waals surface area contributed by atoms with Crippen LogP contribution in [-0.4, -0.2) is 58.5 Å². The van der Waals surface area contributed by atoms with E-state index in [0.717, 1.165) is 0 Å². The third-order valence-corrected chi connectivity index (χ3v) is 2.46. The Hall–Kier alpha value is -1.18. The van der Waals surface area contributed by atoms with Gasteiger partial charge in [0.2, 0.25) is 5.91 Å². The number of aliphatic carboxylic acids is 1. The average molecular weight is 232 g/mol. The third kappa shape index (κ3) is 3.44. The summed E-state index contributed by atoms with van der Waals surface area (Å²) in [7, 11) is 0. The molecule has 0 spiro atoms. The molecule has 0 aromatic carbocycles. The second kappa shape index (κ2) is 5.78. The Morgan fingerprint density at radius 3 is 2.62 bits per heavy atom. The molecule has 1 fully saturated rings. The normalized spacial score (nSPS) is 26.4. The molecule has 0 bridgehead atoms. The van der Waals surface area contributed by atoms with E-state index in [0.29, 0.717) is 6.54 Å². The highest BCUT2D eigenvalue weighted by molar-refractivity contribution is 5.87. The molecule has 1 heterocycles. The summed E-state index contributed by atoms with van der Waals surface area (Å²) in [5.74, 6) is -1.64. The number of hydrogen-bond donors (Lipinski definition) is 5. The van der Waals surface area contributed by atoms with Crippen LogP contribution in [0.5, 0.6) is 0 Å². The first-order chi connectivity index (χ1) is 7.54. The van der Waals surface area contributed by atoms with Gasteiger partial charge in [0, 0.05) is 19.6 Å². The summed E-state index contributed by atoms with van der Waals surface area (Å²) in [6.07, 6.45) is -0.329. The Morgan fingerprint density at radius 2 is 2.19 bits per heavy atom. The molecule has 0 saturated carbocycles. The van der Waals surface area contributed by atoms with Crippen molar-refractivity contribution >= 4 is 11.9 Å². The molecule has 1 saturated heterocycles. The second-order valence-corrected chi connectivity index (χ2v) is 3.76. The molecule has 0 aliphatic carbocycles. The van der Waals surface area contributed by atoms with Crippen LogP contribution in [0.15, 0.2) is 0 Å². The quantitative estimate of drug-likeness (QED) is 0.362. The molecule has 7 nitrogen and oxygen atoms in total. The molecule has 0 radical (unpaired) electrons. The standard InChI is InChI=1S/C9H16N2O5/c12-2-1-6(9(15)16)11-8(14)7-3-5(13)4-10-7/h5-7,10,12-13H,1-4H2,(H,11,14)(H,15,16). The number of carbonyl (C=O) groups is 2. The number of amides is 1. The fraction of sp³-hybridized carbons (Fsp3) is 0.778. The maximum absolute atomic E-state index is 11.6. The summed E-state index contributed by atoms with van der Waals surface area (Å²) in [6.45, 7) is 0.0216. The average Bonchev–Trinajstić information content (AvgIpc) is 2.64. The molecule has 0 aromatic rings. The van der Waals surface area contributed by atoms with Gasteiger partial charge in [0.1, 0.15) is 6.04 Å². The van der Waals surface area contributed by atoms with Crippen molar-refractivity contribution in [3.63, 3.8) is 0 Å². The first-order valence-electron chi connectivity index (χ1n) is 5.10. The number of β-amino-alcohol motifs (C(OH)–C–C–N with tert-alkyl or cyclic N) is 1. The molecular formula is C9H16N2O5. The van der Waals surface area contributed by atoms with Crippen LogP contribution in [0.1, 0.15) is 12.8 Å². The fourth-order valence-corrected chi connectivity index (χ4v) is 1.58. The van der Waals surface area contributed by atoms with Gasteiger partial charge in [-0.15, -0.1) is 0 Å². The van der Waals surface area contributed by atoms with Gasteiger partial charge >= 0.3 is 5.97 Å². The topological polar surface area (TPSA) is 119 Å². The first kappa shape index (κ1) is 12.9. The first-order valence-corrected chi connectivity index (χ1v) is 5.10. The highest BCUT2D eigenvalue weighted by atomic mass is 16.4. The van der Waals surface area contributed by atoms with Crippen LogP contribution in [-0.2, 0) is 9.59 Å². The molecule has 1 amide bonds. The van der Waals surface area contributed by atoms with Crippen LogP contribution < -0.4 is 10.6 Å². The molecule has 3 atom stereocenters. The number of aliphatic hydroxyl groups is 2. The summed E-state index contributed by atoms with van der Waals surface area (Å²) in [5, 5.41) is 31.7. The number of carbonyl (C=O) groups excluding carboxylic acids is 1. The minimum Gasteiger partial charge on any atom is -0.480 e. The Balaban J connectivity index is 2.45. The molecule has 5 N–H and O–H groups in total. The number of rotatable bonds is 5. The lowest BCUT2D eigenvalue weighted by Gasteiger charge is -2.16. The monoisotopic (exact) mass is 232 g/mol. The predicted molar refractivity (Wildman–Crippen MR) is 53.7 cm³/mol. The lowest BCUT2D eigenvalue weighted by molar-refractivity contribution is -0.142. The third-order valence-electron chi connectivity index (χ3n) is 2.46. The van der Waals surface area contributed by atoms with Crippen LogP contribution in [0.3, 0.4) is 0 Å². The van der Waals surface area contributed by atoms with Crippen LogP contribution in [0, 0.1) is 0 Å². The number of hydrogen-bond acceptors (Lipinski definition) is 5. The van der Waals surface area contributed by atoms with Crippen LogP contribution >= 0.6 is 0 Å². The molecule has 7 heteroatoms. The molecule has 1 rings (SSSR count). The maximum atomic E-state index is 11.6. The second-order valence-electron chi connectivity index (χ2n) is 3.76. The zero-order valence-electron chi connectivity index (χ0n) is 8.72. The minimum atomic E-state index is -1.18. The van der Waals surface area contributed by atoms with Crippen molar-refractivity contribution in [3.05, 3.63) is 0 Å². The highest BCUT2D eigenvalue weighted by Gasteiger charge is 2.30. The van der Waals surface area contributed by atoms with Gasteiger partial charge in [-0.1, -0.05) is 0 Å². The Morgan fingerprint density at radius 1 is 1.50 bits per heavy atom. The van der Waals surface area contributed by atoms with Crippen LogP contribution in [0.4, 0.5) is 0 Å². The van der Waals surface area contributed by atoms with Gasteiger partial charge in [0.05, 0.1) is 12.1 Å². The fourth-order valence-electron chi connectivity index (χ4n) is 1.58. The molecule has 3 unspecified atom stereocenters. The summed E-state index contributed by atoms with van der Waals surface area (Å²) in [6, 6.07) is -1.65. The van der Waals surface area contributed by atoms with Gasteiger partial charge in [-0.05, 0) is 6.42 Å². The number of aliphatic hydroxyl groups excluding tert-OH is 2. The smallest absolute Gasteiger partial charge is 0.326 e. The van der Waals surface area contributed by atoms with Gasteiger partial charge in [-0.2, -0.15) is 0 Å². The van der Waals surface area contributed by atoms with Gasteiger partial charge < -0.3 is 26.0 Å². The van der Waals surface area contributed by atoms with Gasteiger partial charge in [-0.3, -0.25) is 4.79 Å². The predicted octanol–water partition coefficient (Wildman–Crippen LogP) is -2.34. The Bertz CT molecular complexity index is 271. The van der Waals surface area contributed by atoms with E-state index in [9.17, 15) is 14.7 Å². The highest BCUT2D eigenvalue weighted by Crippen LogP contribution is 2.06. The molecular weight excluding hydrogens is 216 g/mol. The van der Waals surface area contributed by atoms with Crippen molar-refractivity contribution in [1.82, 2.24) is 10.6 Å². The summed E-state index contributed by atoms with van der Waals surface area (Å²) >= 11 is 0. The van der Waals surface area contributed by atoms with Gasteiger partial charge in [0.25, 0.3) is 0 Å². The van der Waals surface area contributed by atoms with Crippen LogP contribution in [0.2, 0.25) is 0 Å². The number of carboxylic acids is 1. The van der Waals surface area contributed by atoms with E-state index in [-0.39, 0.29) is 19.4 Å². The summed E-state index contributed by atoms with van der Waals surface area (Å²) < 4.78 is 0. The zero-order chi connectivity index (χ0) is 12.1. The lowest BCUT2D eigenvalue weighted by Crippen LogP contribution is -2.48. The Labute approximate surface area is 92.5 Å². The van der Waals surface area contributed by atoms with Crippen molar-refractivity contribution in [3.8, 4) is 0 Å². The van der Waals surface area contributed by atoms with Crippen molar-refractivity contribution in [1.29, 1.82) is 0 Å². The van der Waals surface area contributed by atoms with E-state index in [1.165, 1.54) is 0 Å². The molecule has 1 aliphatic heterocycles. The van der Waals surface area contributed by atoms with E-state index in [4.69, 9.17) is 10.2 Å². The maximum Gasteiger partial charge on any atom is 0.326 e. The van der Waals surface area contributed by atoms with Crippen LogP contribution in [0.25, 0.3) is 0 Å².